The van der Waals surface area contributed by atoms with Gasteiger partial charge in [-0.3, -0.25) is 0 Å². The third-order valence-electron chi connectivity index (χ3n) is 2.94. The predicted molar refractivity (Wildman–Crippen MR) is 77.7 cm³/mol. The maximum atomic E-state index is 5.33. The van der Waals surface area contributed by atoms with Crippen LogP contribution in [-0.2, 0) is 0 Å². The smallest absolute Gasteiger partial charge is 0.323 e. The standard InChI is InChI=1S/C13H25N5O/c1-6-9(3)8-10(4)15-12-16-11(14-5)17-13(18-12)19-7-2/h9-10H,6-8H2,1-5H3,(H2,14,15,16,17,18). The Labute approximate surface area is 115 Å². The van der Waals surface area contributed by atoms with E-state index in [-0.39, 0.29) is 0 Å². The minimum atomic E-state index is 0.316. The van der Waals surface area contributed by atoms with E-state index in [1.165, 1.54) is 6.42 Å². The fraction of sp³-hybridized carbons (Fsp3) is 0.769. The first kappa shape index (κ1) is 15.5. The maximum Gasteiger partial charge on any atom is 0.323 e. The molecule has 0 aliphatic heterocycles. The van der Waals surface area contributed by atoms with E-state index in [0.717, 1.165) is 6.42 Å². The molecule has 0 fully saturated rings. The van der Waals surface area contributed by atoms with Crippen LogP contribution in [0.4, 0.5) is 11.9 Å². The molecule has 19 heavy (non-hydrogen) atoms. The molecule has 1 heterocycles. The van der Waals surface area contributed by atoms with Crippen LogP contribution in [0, 0.1) is 5.92 Å². The van der Waals surface area contributed by atoms with Crippen molar-refractivity contribution >= 4 is 11.9 Å². The van der Waals surface area contributed by atoms with Gasteiger partial charge in [-0.05, 0) is 26.2 Å². The molecule has 108 valence electrons. The summed E-state index contributed by atoms with van der Waals surface area (Å²) in [6, 6.07) is 0.664. The van der Waals surface area contributed by atoms with Crippen LogP contribution in [0.25, 0.3) is 0 Å². The summed E-state index contributed by atoms with van der Waals surface area (Å²) in [6.07, 6.45) is 2.26. The van der Waals surface area contributed by atoms with Gasteiger partial charge in [-0.2, -0.15) is 15.0 Å². The number of nitrogens with zero attached hydrogens (tertiary/aromatic N) is 3. The van der Waals surface area contributed by atoms with Crippen LogP contribution in [0.1, 0.15) is 40.5 Å². The largest absolute Gasteiger partial charge is 0.464 e. The number of nitrogens with one attached hydrogen (secondary N) is 2. The van der Waals surface area contributed by atoms with Crippen LogP contribution >= 0.6 is 0 Å². The maximum absolute atomic E-state index is 5.33. The van der Waals surface area contributed by atoms with Crippen molar-refractivity contribution in [2.75, 3.05) is 24.3 Å². The van der Waals surface area contributed by atoms with Crippen LogP contribution in [0.3, 0.4) is 0 Å². The van der Waals surface area contributed by atoms with Crippen LogP contribution in [0.2, 0.25) is 0 Å². The average molecular weight is 267 g/mol. The van der Waals surface area contributed by atoms with Crippen molar-refractivity contribution in [3.8, 4) is 6.01 Å². The Kier molecular flexibility index (Phi) is 6.32. The van der Waals surface area contributed by atoms with Crippen molar-refractivity contribution in [3.63, 3.8) is 0 Å². The second-order valence-electron chi connectivity index (χ2n) is 4.74. The van der Waals surface area contributed by atoms with E-state index in [2.05, 4.69) is 46.4 Å². The molecule has 0 aliphatic carbocycles. The van der Waals surface area contributed by atoms with Crippen LogP contribution in [0.5, 0.6) is 6.01 Å². The van der Waals surface area contributed by atoms with Gasteiger partial charge in [0.25, 0.3) is 0 Å². The van der Waals surface area contributed by atoms with E-state index in [1.54, 1.807) is 7.05 Å². The summed E-state index contributed by atoms with van der Waals surface area (Å²) < 4.78 is 5.33. The van der Waals surface area contributed by atoms with Gasteiger partial charge in [0.15, 0.2) is 0 Å². The molecule has 1 rings (SSSR count). The van der Waals surface area contributed by atoms with E-state index in [9.17, 15) is 0 Å². The SMILES string of the molecule is CCOc1nc(NC)nc(NC(C)CC(C)CC)n1. The van der Waals surface area contributed by atoms with Crippen LogP contribution in [-0.4, -0.2) is 34.6 Å². The first-order valence-electron chi connectivity index (χ1n) is 6.92. The van der Waals surface area contributed by atoms with Gasteiger partial charge in [-0.25, -0.2) is 0 Å². The Morgan fingerprint density at radius 2 is 1.79 bits per heavy atom. The second kappa shape index (κ2) is 7.76. The molecule has 2 atom stereocenters. The van der Waals surface area contributed by atoms with Crippen molar-refractivity contribution in [3.05, 3.63) is 0 Å². The van der Waals surface area contributed by atoms with Gasteiger partial charge in [-0.15, -0.1) is 0 Å². The summed E-state index contributed by atoms with van der Waals surface area (Å²) >= 11 is 0. The quantitative estimate of drug-likeness (QED) is 0.754. The van der Waals surface area contributed by atoms with E-state index in [1.807, 2.05) is 6.92 Å². The Hall–Kier alpha value is -1.59. The highest BCUT2D eigenvalue weighted by Crippen LogP contribution is 2.15. The molecule has 0 aliphatic rings. The van der Waals surface area contributed by atoms with Crippen molar-refractivity contribution in [2.45, 2.75) is 46.6 Å². The lowest BCUT2D eigenvalue weighted by Crippen LogP contribution is -2.20. The lowest BCUT2D eigenvalue weighted by atomic mass is 10.0. The zero-order chi connectivity index (χ0) is 14.3. The first-order chi connectivity index (χ1) is 9.08. The number of rotatable bonds is 8. The van der Waals surface area contributed by atoms with Gasteiger partial charge >= 0.3 is 6.01 Å². The highest BCUT2D eigenvalue weighted by molar-refractivity contribution is 5.35. The first-order valence-corrected chi connectivity index (χ1v) is 6.92. The van der Waals surface area contributed by atoms with Gasteiger partial charge in [-0.1, -0.05) is 20.3 Å². The number of ether oxygens (including phenoxy) is 1. The Balaban J connectivity index is 2.73. The number of hydrogen-bond acceptors (Lipinski definition) is 6. The topological polar surface area (TPSA) is 72.0 Å². The molecule has 2 unspecified atom stereocenters. The van der Waals surface area contributed by atoms with E-state index >= 15 is 0 Å². The molecular weight excluding hydrogens is 242 g/mol. The second-order valence-corrected chi connectivity index (χ2v) is 4.74. The summed E-state index contributed by atoms with van der Waals surface area (Å²) in [7, 11) is 1.78. The van der Waals surface area contributed by atoms with E-state index in [0.29, 0.717) is 36.5 Å². The normalized spacial score (nSPS) is 13.7. The third-order valence-corrected chi connectivity index (χ3v) is 2.94. The van der Waals surface area contributed by atoms with Crippen molar-refractivity contribution < 1.29 is 4.74 Å². The molecule has 0 saturated heterocycles. The fourth-order valence-corrected chi connectivity index (χ4v) is 1.78. The molecule has 6 heteroatoms. The molecular formula is C13H25N5O. The minimum absolute atomic E-state index is 0.316. The van der Waals surface area contributed by atoms with Gasteiger partial charge < -0.3 is 15.4 Å². The molecule has 0 aromatic carbocycles. The number of anilines is 2. The number of hydrogen-bond donors (Lipinski definition) is 2. The molecule has 1 aromatic rings. The van der Waals surface area contributed by atoms with E-state index in [4.69, 9.17) is 4.74 Å². The molecule has 1 aromatic heterocycles. The Morgan fingerprint density at radius 3 is 2.37 bits per heavy atom. The fourth-order valence-electron chi connectivity index (χ4n) is 1.78. The molecule has 0 saturated carbocycles. The van der Waals surface area contributed by atoms with Crippen LogP contribution < -0.4 is 15.4 Å². The monoisotopic (exact) mass is 267 g/mol. The lowest BCUT2D eigenvalue weighted by Gasteiger charge is -2.17. The summed E-state index contributed by atoms with van der Waals surface area (Å²) in [5.41, 5.74) is 0. The van der Waals surface area contributed by atoms with Gasteiger partial charge in [0, 0.05) is 13.1 Å². The summed E-state index contributed by atoms with van der Waals surface area (Å²) in [5, 5.41) is 6.21. The molecule has 0 amide bonds. The minimum Gasteiger partial charge on any atom is -0.464 e. The van der Waals surface area contributed by atoms with Gasteiger partial charge in [0.05, 0.1) is 6.61 Å². The Morgan fingerprint density at radius 1 is 1.11 bits per heavy atom. The average Bonchev–Trinajstić information content (AvgIpc) is 2.38. The molecule has 0 bridgehead atoms. The zero-order valence-electron chi connectivity index (χ0n) is 12.5. The summed E-state index contributed by atoms with van der Waals surface area (Å²) in [5.74, 6) is 1.75. The predicted octanol–water partition coefficient (Wildman–Crippen LogP) is 2.55. The summed E-state index contributed by atoms with van der Waals surface area (Å²) in [6.45, 7) is 9.02. The third kappa shape index (κ3) is 5.28. The highest BCUT2D eigenvalue weighted by Gasteiger charge is 2.11. The van der Waals surface area contributed by atoms with Crippen molar-refractivity contribution in [2.24, 2.45) is 5.92 Å². The zero-order valence-corrected chi connectivity index (χ0v) is 12.5. The number of aromatic nitrogens is 3. The molecule has 0 radical (unpaired) electrons. The summed E-state index contributed by atoms with van der Waals surface area (Å²) in [4.78, 5) is 12.7. The van der Waals surface area contributed by atoms with Gasteiger partial charge in [0.1, 0.15) is 0 Å². The molecule has 0 spiro atoms. The molecule has 2 N–H and O–H groups in total. The Bertz CT molecular complexity index is 385. The van der Waals surface area contributed by atoms with Crippen molar-refractivity contribution in [1.82, 2.24) is 15.0 Å². The van der Waals surface area contributed by atoms with E-state index < -0.39 is 0 Å². The van der Waals surface area contributed by atoms with Crippen LogP contribution in [0.15, 0.2) is 0 Å². The lowest BCUT2D eigenvalue weighted by molar-refractivity contribution is 0.312. The van der Waals surface area contributed by atoms with Gasteiger partial charge in [0.2, 0.25) is 11.9 Å². The van der Waals surface area contributed by atoms with Crippen molar-refractivity contribution in [1.29, 1.82) is 0 Å². The molecule has 6 nitrogen and oxygen atoms in total. The highest BCUT2D eigenvalue weighted by atomic mass is 16.5.